The summed E-state index contributed by atoms with van der Waals surface area (Å²) < 4.78 is 31.2. The molecule has 2 atom stereocenters. The van der Waals surface area contributed by atoms with Gasteiger partial charge >= 0.3 is 0 Å². The second-order valence-electron chi connectivity index (χ2n) is 18.2. The van der Waals surface area contributed by atoms with Gasteiger partial charge in [0.15, 0.2) is 0 Å². The summed E-state index contributed by atoms with van der Waals surface area (Å²) in [5.41, 5.74) is 6.32. The second-order valence-corrected chi connectivity index (χ2v) is 19.5. The molecule has 0 unspecified atom stereocenters. The molecular formula is C43H61CoN2O5S-. The molecule has 3 aromatic carbocycles. The van der Waals surface area contributed by atoms with Crippen LogP contribution in [0.4, 0.5) is 0 Å². The first kappa shape index (κ1) is 45.2. The fourth-order valence-corrected chi connectivity index (χ4v) is 6.49. The number of hydrogen-bond donors (Lipinski definition) is 2. The smallest absolute Gasteiger partial charge is 0.128 e. The molecule has 3 aromatic rings. The number of aliphatic imine (C=N–C) groups is 2. The van der Waals surface area contributed by atoms with Crippen LogP contribution < -0.4 is 0 Å². The summed E-state index contributed by atoms with van der Waals surface area (Å²) in [4.78, 5) is 9.88. The topological polar surface area (TPSA) is 122 Å². The van der Waals surface area contributed by atoms with E-state index < -0.39 is 10.1 Å². The van der Waals surface area contributed by atoms with Gasteiger partial charge in [0.05, 0.1) is 17.0 Å². The molecule has 0 amide bonds. The van der Waals surface area contributed by atoms with Crippen LogP contribution in [0.5, 0.6) is 11.5 Å². The van der Waals surface area contributed by atoms with Crippen LogP contribution in [-0.4, -0.2) is 47.7 Å². The Labute approximate surface area is 324 Å². The van der Waals surface area contributed by atoms with E-state index in [2.05, 4.69) is 107 Å². The van der Waals surface area contributed by atoms with Gasteiger partial charge in [-0.05, 0) is 76.8 Å². The Morgan fingerprint density at radius 3 is 1.27 bits per heavy atom. The standard InChI is InChI=1S/C36H54N2O2.C7H8O3S.Co/c1-33(2,3)25-17-23(31(39)27(19-25)35(7,8)9)21-37-29-15-13-14-16-30(29)38-22-24-18-26(34(4,5)6)20-28(32(24)40)36(10,11)12;1-6-2-4-7(5-3-6)11(8,9)10;/h17-22,29-30,39-40H,13-16H2,1-12H3;2-5H,1H3,(H,8,9,10);/p-1/t29-,30-;;/m1../s1. The average molecular weight is 777 g/mol. The summed E-state index contributed by atoms with van der Waals surface area (Å²) in [6.45, 7) is 27.8. The van der Waals surface area contributed by atoms with Gasteiger partial charge in [-0.25, -0.2) is 8.42 Å². The predicted octanol–water partition coefficient (Wildman–Crippen LogP) is 10.0. The average Bonchev–Trinajstić information content (AvgIpc) is 2.98. The van der Waals surface area contributed by atoms with Crippen molar-refractivity contribution in [3.8, 4) is 11.5 Å². The number of aromatic hydroxyl groups is 2. The second kappa shape index (κ2) is 17.0. The molecule has 1 fully saturated rings. The largest absolute Gasteiger partial charge is 0.744 e. The number of rotatable bonds is 5. The van der Waals surface area contributed by atoms with E-state index in [1.807, 2.05) is 19.4 Å². The van der Waals surface area contributed by atoms with Gasteiger partial charge in [0, 0.05) is 51.5 Å². The summed E-state index contributed by atoms with van der Waals surface area (Å²) in [5.74, 6) is 0.637. The first-order valence-electron chi connectivity index (χ1n) is 18.0. The van der Waals surface area contributed by atoms with Crippen molar-refractivity contribution in [2.75, 3.05) is 0 Å². The Bertz CT molecular complexity index is 1740. The van der Waals surface area contributed by atoms with Crippen molar-refractivity contribution in [2.45, 2.75) is 154 Å². The number of benzene rings is 3. The van der Waals surface area contributed by atoms with E-state index in [1.165, 1.54) is 23.3 Å². The quantitative estimate of drug-likeness (QED) is 0.197. The van der Waals surface area contributed by atoms with Crippen molar-refractivity contribution in [3.63, 3.8) is 0 Å². The first-order valence-corrected chi connectivity index (χ1v) is 19.5. The third-order valence-corrected chi connectivity index (χ3v) is 10.3. The van der Waals surface area contributed by atoms with Gasteiger partial charge in [0.1, 0.15) is 21.6 Å². The molecule has 1 radical (unpaired) electrons. The van der Waals surface area contributed by atoms with Crippen LogP contribution in [0.1, 0.15) is 148 Å². The van der Waals surface area contributed by atoms with Crippen LogP contribution in [-0.2, 0) is 48.6 Å². The Balaban J connectivity index is 0.000000666. The minimum absolute atomic E-state index is 0. The van der Waals surface area contributed by atoms with Crippen LogP contribution in [0.2, 0.25) is 0 Å². The van der Waals surface area contributed by atoms with Gasteiger partial charge in [0.25, 0.3) is 0 Å². The van der Waals surface area contributed by atoms with Crippen molar-refractivity contribution >= 4 is 22.5 Å². The third kappa shape index (κ3) is 12.3. The van der Waals surface area contributed by atoms with E-state index in [-0.39, 0.29) is 55.4 Å². The van der Waals surface area contributed by atoms with E-state index in [1.54, 1.807) is 12.1 Å². The molecule has 1 saturated carbocycles. The Morgan fingerprint density at radius 2 is 0.981 bits per heavy atom. The molecule has 1 aliphatic rings. The summed E-state index contributed by atoms with van der Waals surface area (Å²) >= 11 is 0. The fraction of sp³-hybridized carbons (Fsp3) is 0.535. The van der Waals surface area contributed by atoms with E-state index >= 15 is 0 Å². The first-order chi connectivity index (χ1) is 23.2. The molecule has 52 heavy (non-hydrogen) atoms. The minimum Gasteiger partial charge on any atom is -0.744 e. The number of aryl methyl sites for hydroxylation is 1. The molecule has 0 spiro atoms. The predicted molar refractivity (Wildman–Crippen MR) is 211 cm³/mol. The van der Waals surface area contributed by atoms with Gasteiger partial charge in [0.2, 0.25) is 0 Å². The molecule has 9 heteroatoms. The molecule has 0 aromatic heterocycles. The van der Waals surface area contributed by atoms with Crippen LogP contribution >= 0.6 is 0 Å². The SMILES string of the molecule is CC(C)(C)c1cc(C=N[C@@H]2CCCC[C@H]2N=Cc2cc(C(C)(C)C)cc(C(C)(C)C)c2O)c(O)c(C(C)(C)C)c1.Cc1ccc(S(=O)(=O)[O-])cc1.[Co]. The zero-order valence-electron chi connectivity index (χ0n) is 33.5. The van der Waals surface area contributed by atoms with Crippen LogP contribution in [0.25, 0.3) is 0 Å². The third-order valence-electron chi connectivity index (χ3n) is 9.44. The van der Waals surface area contributed by atoms with Gasteiger partial charge in [-0.15, -0.1) is 0 Å². The zero-order valence-corrected chi connectivity index (χ0v) is 35.4. The number of hydrogen-bond acceptors (Lipinski definition) is 7. The van der Waals surface area contributed by atoms with Gasteiger partial charge < -0.3 is 14.8 Å². The molecule has 0 saturated heterocycles. The summed E-state index contributed by atoms with van der Waals surface area (Å²) in [5, 5.41) is 22.5. The van der Waals surface area contributed by atoms with Crippen LogP contribution in [0.3, 0.4) is 0 Å². The molecule has 0 heterocycles. The van der Waals surface area contributed by atoms with Crippen molar-refractivity contribution in [1.29, 1.82) is 0 Å². The maximum Gasteiger partial charge on any atom is 0.128 e. The summed E-state index contributed by atoms with van der Waals surface area (Å²) in [7, 11) is -4.27. The number of phenols is 2. The van der Waals surface area contributed by atoms with Crippen molar-refractivity contribution < 1.29 is 40.0 Å². The molecule has 1 aliphatic carbocycles. The van der Waals surface area contributed by atoms with Gasteiger partial charge in [-0.2, -0.15) is 0 Å². The number of phenolic OH excluding ortho intramolecular Hbond substituents is 2. The summed E-state index contributed by atoms with van der Waals surface area (Å²) in [6, 6.07) is 14.3. The molecule has 289 valence electrons. The number of nitrogens with zero attached hydrogens (tertiary/aromatic N) is 2. The van der Waals surface area contributed by atoms with Crippen molar-refractivity contribution in [2.24, 2.45) is 9.98 Å². The van der Waals surface area contributed by atoms with E-state index in [0.29, 0.717) is 11.5 Å². The van der Waals surface area contributed by atoms with Crippen LogP contribution in [0.15, 0.2) is 63.4 Å². The Kier molecular flexibility index (Phi) is 14.8. The molecule has 2 N–H and O–H groups in total. The van der Waals surface area contributed by atoms with Crippen LogP contribution in [0, 0.1) is 6.92 Å². The summed E-state index contributed by atoms with van der Waals surface area (Å²) in [6.07, 6.45) is 7.90. The molecule has 0 bridgehead atoms. The fourth-order valence-electron chi connectivity index (χ4n) is 6.02. The zero-order chi connectivity index (χ0) is 38.7. The maximum absolute atomic E-state index is 11.2. The molecule has 4 rings (SSSR count). The molecule has 0 aliphatic heterocycles. The Morgan fingerprint density at radius 1 is 0.635 bits per heavy atom. The normalized spacial score (nSPS) is 17.5. The minimum atomic E-state index is -4.27. The van der Waals surface area contributed by atoms with Crippen molar-refractivity contribution in [3.05, 3.63) is 87.5 Å². The van der Waals surface area contributed by atoms with Gasteiger partial charge in [-0.3, -0.25) is 9.98 Å². The van der Waals surface area contributed by atoms with E-state index in [4.69, 9.17) is 9.98 Å². The maximum atomic E-state index is 11.2. The van der Waals surface area contributed by atoms with Gasteiger partial charge in [-0.1, -0.05) is 126 Å². The van der Waals surface area contributed by atoms with Crippen molar-refractivity contribution in [1.82, 2.24) is 0 Å². The Hall–Kier alpha value is -2.98. The molecular weight excluding hydrogens is 715 g/mol. The molecule has 7 nitrogen and oxygen atoms in total. The van der Waals surface area contributed by atoms with E-state index in [9.17, 15) is 23.2 Å². The monoisotopic (exact) mass is 776 g/mol. The van der Waals surface area contributed by atoms with E-state index in [0.717, 1.165) is 53.5 Å².